The number of benzene rings is 2. The number of piperidine rings is 1. The fraction of sp³-hybridized carbons (Fsp3) is 0.280. The van der Waals surface area contributed by atoms with Crippen LogP contribution in [0.1, 0.15) is 17.5 Å². The van der Waals surface area contributed by atoms with Crippen LogP contribution in [0.4, 0.5) is 21.8 Å². The lowest BCUT2D eigenvalue weighted by Crippen LogP contribution is -2.49. The van der Waals surface area contributed by atoms with E-state index in [0.717, 1.165) is 22.3 Å². The van der Waals surface area contributed by atoms with Gasteiger partial charge in [-0.25, -0.2) is 9.37 Å². The van der Waals surface area contributed by atoms with Crippen LogP contribution in [-0.2, 0) is 0 Å². The molecule has 0 radical (unpaired) electrons. The van der Waals surface area contributed by atoms with Crippen LogP contribution in [-0.4, -0.2) is 55.6 Å². The lowest BCUT2D eigenvalue weighted by molar-refractivity contribution is 0.250. The monoisotopic (exact) mass is 458 g/mol. The Morgan fingerprint density at radius 1 is 1.21 bits per heavy atom. The van der Waals surface area contributed by atoms with Gasteiger partial charge in [0, 0.05) is 49.7 Å². The molecule has 2 aromatic carbocycles. The molecule has 34 heavy (non-hydrogen) atoms. The number of rotatable bonds is 5. The summed E-state index contributed by atoms with van der Waals surface area (Å²) >= 11 is 0. The number of nitriles is 1. The summed E-state index contributed by atoms with van der Waals surface area (Å²) in [6.45, 7) is 0.700. The third kappa shape index (κ3) is 4.54. The average molecular weight is 459 g/mol. The highest BCUT2D eigenvalue weighted by Gasteiger charge is 2.29. The molecule has 0 unspecified atom stereocenters. The van der Waals surface area contributed by atoms with E-state index in [-0.39, 0.29) is 6.54 Å². The van der Waals surface area contributed by atoms with Crippen molar-refractivity contribution < 1.29 is 4.39 Å². The number of nitrogens with zero attached hydrogens (tertiary/aromatic N) is 5. The summed E-state index contributed by atoms with van der Waals surface area (Å²) in [4.78, 5) is 15.6. The van der Waals surface area contributed by atoms with Gasteiger partial charge in [-0.05, 0) is 36.2 Å². The molecule has 8 nitrogen and oxygen atoms in total. The standard InChI is InChI=1S/C25H27FN8/c1-30-13-18-11-17(7-8-20(18)28)22-23(16-5-3-15(12-27)4-6-16)32-25(33-24(22)31-2)34-10-9-21(29)19(26)14-34/h3-8,11,13,19,21H,9-10,14,28-29H2,1-2H3,(H,31,32,33)/t19-,21+/m0/s1. The maximum absolute atomic E-state index is 14.4. The van der Waals surface area contributed by atoms with Crippen LogP contribution in [0.25, 0.3) is 22.4 Å². The second-order valence-electron chi connectivity index (χ2n) is 8.18. The van der Waals surface area contributed by atoms with E-state index in [1.54, 1.807) is 32.4 Å². The summed E-state index contributed by atoms with van der Waals surface area (Å²) in [5, 5.41) is 12.4. The quantitative estimate of drug-likeness (QED) is 0.395. The first kappa shape index (κ1) is 23.1. The molecule has 1 saturated heterocycles. The van der Waals surface area contributed by atoms with Gasteiger partial charge in [-0.3, -0.25) is 4.99 Å². The highest BCUT2D eigenvalue weighted by molar-refractivity contribution is 5.94. The predicted molar refractivity (Wildman–Crippen MR) is 135 cm³/mol. The van der Waals surface area contributed by atoms with Gasteiger partial charge in [0.2, 0.25) is 5.95 Å². The van der Waals surface area contributed by atoms with Crippen molar-refractivity contribution in [3.63, 3.8) is 0 Å². The molecule has 1 aliphatic heterocycles. The fourth-order valence-electron chi connectivity index (χ4n) is 4.04. The molecular formula is C25H27FN8. The molecule has 174 valence electrons. The Bertz CT molecular complexity index is 1250. The second kappa shape index (κ2) is 9.85. The minimum absolute atomic E-state index is 0.134. The maximum atomic E-state index is 14.4. The average Bonchev–Trinajstić information content (AvgIpc) is 2.86. The number of aliphatic imine (C=N–C) groups is 1. The molecule has 2 heterocycles. The number of aromatic nitrogens is 2. The van der Waals surface area contributed by atoms with Crippen LogP contribution in [0.3, 0.4) is 0 Å². The first-order chi connectivity index (χ1) is 16.4. The zero-order valence-corrected chi connectivity index (χ0v) is 19.2. The van der Waals surface area contributed by atoms with Gasteiger partial charge in [-0.1, -0.05) is 18.2 Å². The molecule has 3 aromatic rings. The lowest BCUT2D eigenvalue weighted by Gasteiger charge is -2.33. The molecule has 0 amide bonds. The SMILES string of the molecule is CN=Cc1cc(-c2c(NC)nc(N3CC[C@@H](N)[C@@H](F)C3)nc2-c2ccc(C#N)cc2)ccc1N. The zero-order chi connectivity index (χ0) is 24.2. The van der Waals surface area contributed by atoms with Crippen molar-refractivity contribution >= 4 is 23.7 Å². The largest absolute Gasteiger partial charge is 0.398 e. The lowest BCUT2D eigenvalue weighted by atomic mass is 9.97. The zero-order valence-electron chi connectivity index (χ0n) is 19.2. The Morgan fingerprint density at radius 3 is 2.59 bits per heavy atom. The van der Waals surface area contributed by atoms with E-state index in [0.29, 0.717) is 41.7 Å². The molecule has 1 fully saturated rings. The van der Waals surface area contributed by atoms with Crippen molar-refractivity contribution in [2.24, 2.45) is 10.7 Å². The molecule has 5 N–H and O–H groups in total. The number of alkyl halides is 1. The van der Waals surface area contributed by atoms with Gasteiger partial charge >= 0.3 is 0 Å². The number of hydrogen-bond acceptors (Lipinski definition) is 8. The highest BCUT2D eigenvalue weighted by Crippen LogP contribution is 2.38. The Balaban J connectivity index is 1.92. The van der Waals surface area contributed by atoms with Crippen LogP contribution in [0.2, 0.25) is 0 Å². The van der Waals surface area contributed by atoms with Gasteiger partial charge < -0.3 is 21.7 Å². The van der Waals surface area contributed by atoms with E-state index in [1.807, 2.05) is 35.2 Å². The van der Waals surface area contributed by atoms with Crippen molar-refractivity contribution in [2.75, 3.05) is 43.1 Å². The Labute approximate surface area is 198 Å². The van der Waals surface area contributed by atoms with E-state index < -0.39 is 12.2 Å². The molecule has 1 aliphatic rings. The van der Waals surface area contributed by atoms with Gasteiger partial charge in [-0.2, -0.15) is 10.2 Å². The Hall–Kier alpha value is -4.03. The molecular weight excluding hydrogens is 431 g/mol. The second-order valence-corrected chi connectivity index (χ2v) is 8.18. The van der Waals surface area contributed by atoms with Gasteiger partial charge in [-0.15, -0.1) is 0 Å². The number of halogens is 1. The number of anilines is 3. The predicted octanol–water partition coefficient (Wildman–Crippen LogP) is 3.23. The summed E-state index contributed by atoms with van der Waals surface area (Å²) in [6.07, 6.45) is 1.07. The van der Waals surface area contributed by atoms with E-state index >= 15 is 0 Å². The molecule has 0 saturated carbocycles. The minimum atomic E-state index is -1.15. The van der Waals surface area contributed by atoms with Gasteiger partial charge in [0.05, 0.1) is 29.4 Å². The number of nitrogens with two attached hydrogens (primary N) is 2. The van der Waals surface area contributed by atoms with Crippen molar-refractivity contribution in [3.05, 3.63) is 53.6 Å². The molecule has 9 heteroatoms. The van der Waals surface area contributed by atoms with E-state index in [9.17, 15) is 9.65 Å². The van der Waals surface area contributed by atoms with Crippen LogP contribution in [0.5, 0.6) is 0 Å². The van der Waals surface area contributed by atoms with Crippen molar-refractivity contribution in [1.29, 1.82) is 5.26 Å². The van der Waals surface area contributed by atoms with E-state index in [4.69, 9.17) is 21.4 Å². The summed E-state index contributed by atoms with van der Waals surface area (Å²) in [5.74, 6) is 1.02. The van der Waals surface area contributed by atoms with Crippen molar-refractivity contribution in [3.8, 4) is 28.5 Å². The molecule has 4 rings (SSSR count). The van der Waals surface area contributed by atoms with Gasteiger partial charge in [0.1, 0.15) is 12.0 Å². The summed E-state index contributed by atoms with van der Waals surface area (Å²) in [5.41, 5.74) is 17.0. The molecule has 0 aliphatic carbocycles. The Kier molecular flexibility index (Phi) is 6.70. The first-order valence-corrected chi connectivity index (χ1v) is 11.0. The van der Waals surface area contributed by atoms with Crippen LogP contribution < -0.4 is 21.7 Å². The summed E-state index contributed by atoms with van der Waals surface area (Å²) < 4.78 is 14.4. The third-order valence-corrected chi connectivity index (χ3v) is 5.94. The first-order valence-electron chi connectivity index (χ1n) is 11.0. The van der Waals surface area contributed by atoms with E-state index in [2.05, 4.69) is 16.4 Å². The summed E-state index contributed by atoms with van der Waals surface area (Å²) in [7, 11) is 3.47. The van der Waals surface area contributed by atoms with Gasteiger partial charge in [0.15, 0.2) is 0 Å². The third-order valence-electron chi connectivity index (χ3n) is 5.94. The van der Waals surface area contributed by atoms with Crippen LogP contribution in [0.15, 0.2) is 47.5 Å². The van der Waals surface area contributed by atoms with Crippen molar-refractivity contribution in [1.82, 2.24) is 9.97 Å². The van der Waals surface area contributed by atoms with Gasteiger partial charge in [0.25, 0.3) is 0 Å². The summed E-state index contributed by atoms with van der Waals surface area (Å²) in [6, 6.07) is 14.5. The fourth-order valence-corrected chi connectivity index (χ4v) is 4.04. The van der Waals surface area contributed by atoms with E-state index in [1.165, 1.54) is 0 Å². The number of hydrogen-bond donors (Lipinski definition) is 3. The normalized spacial score (nSPS) is 18.1. The number of nitrogen functional groups attached to an aromatic ring is 1. The topological polar surface area (TPSA) is 129 Å². The number of nitrogens with one attached hydrogen (secondary N) is 1. The Morgan fingerprint density at radius 2 is 1.94 bits per heavy atom. The smallest absolute Gasteiger partial charge is 0.228 e. The van der Waals surface area contributed by atoms with Crippen LogP contribution >= 0.6 is 0 Å². The highest BCUT2D eigenvalue weighted by atomic mass is 19.1. The van der Waals surface area contributed by atoms with Crippen LogP contribution in [0, 0.1) is 11.3 Å². The van der Waals surface area contributed by atoms with Crippen molar-refractivity contribution in [2.45, 2.75) is 18.6 Å². The molecule has 2 atom stereocenters. The molecule has 0 bridgehead atoms. The molecule has 0 spiro atoms. The minimum Gasteiger partial charge on any atom is -0.398 e. The maximum Gasteiger partial charge on any atom is 0.228 e. The molecule has 1 aromatic heterocycles.